The highest BCUT2D eigenvalue weighted by Crippen LogP contribution is 2.20. The molecule has 0 saturated heterocycles. The van der Waals surface area contributed by atoms with Crippen molar-refractivity contribution in [3.63, 3.8) is 0 Å². The Balaban J connectivity index is 1.43. The summed E-state index contributed by atoms with van der Waals surface area (Å²) in [5, 5.41) is 10.9. The second kappa shape index (κ2) is 13.5. The van der Waals surface area contributed by atoms with Crippen molar-refractivity contribution >= 4 is 63.1 Å². The number of para-hydroxylation sites is 1. The predicted molar refractivity (Wildman–Crippen MR) is 140 cm³/mol. The third-order valence-electron chi connectivity index (χ3n) is 4.65. The molecule has 3 rings (SSSR count). The van der Waals surface area contributed by atoms with Crippen molar-refractivity contribution < 1.29 is 33.1 Å². The first kappa shape index (κ1) is 27.8. The Morgan fingerprint density at radius 2 is 1.61 bits per heavy atom. The molecule has 1 heterocycles. The van der Waals surface area contributed by atoms with Crippen molar-refractivity contribution in [2.45, 2.75) is 13.5 Å². The summed E-state index contributed by atoms with van der Waals surface area (Å²) in [5.74, 6) is -3.67. The van der Waals surface area contributed by atoms with Crippen LogP contribution >= 0.6 is 15.9 Å². The molecule has 0 fully saturated rings. The van der Waals surface area contributed by atoms with Gasteiger partial charge < -0.3 is 25.1 Å². The van der Waals surface area contributed by atoms with Crippen LogP contribution in [0.5, 0.6) is 0 Å². The van der Waals surface area contributed by atoms with Gasteiger partial charge in [-0.1, -0.05) is 12.1 Å². The average Bonchev–Trinajstić information content (AvgIpc) is 3.36. The Hall–Kier alpha value is -4.78. The van der Waals surface area contributed by atoms with Crippen LogP contribution in [0.25, 0.3) is 0 Å². The van der Waals surface area contributed by atoms with E-state index < -0.39 is 29.6 Å². The summed E-state index contributed by atoms with van der Waals surface area (Å²) in [6.07, 6.45) is 1.17. The molecule has 0 spiro atoms. The normalized spacial score (nSPS) is 10.5. The number of nitrogens with zero attached hydrogens (tertiary/aromatic N) is 1. The molecule has 4 N–H and O–H groups in total. The van der Waals surface area contributed by atoms with Crippen molar-refractivity contribution in [1.29, 1.82) is 0 Å². The van der Waals surface area contributed by atoms with Gasteiger partial charge in [-0.15, -0.1) is 0 Å². The lowest BCUT2D eigenvalue weighted by Gasteiger charge is -2.07. The number of anilines is 2. The maximum atomic E-state index is 12.1. The predicted octanol–water partition coefficient (Wildman–Crippen LogP) is 2.56. The molecule has 196 valence electrons. The van der Waals surface area contributed by atoms with E-state index in [1.165, 1.54) is 42.6 Å². The number of nitrogens with one attached hydrogen (secondary N) is 4. The highest BCUT2D eigenvalue weighted by atomic mass is 79.9. The van der Waals surface area contributed by atoms with Gasteiger partial charge in [-0.25, -0.2) is 10.2 Å². The maximum Gasteiger partial charge on any atom is 0.338 e. The molecule has 3 aromatic rings. The number of carbonyl (C=O) groups excluding carboxylic acids is 5. The monoisotopic (exact) mass is 583 g/mol. The molecule has 0 atom stereocenters. The molecule has 0 unspecified atom stereocenters. The van der Waals surface area contributed by atoms with E-state index in [4.69, 9.17) is 9.15 Å². The number of hydrogen-bond donors (Lipinski definition) is 4. The standard InChI is InChI=1S/C25H22BrN5O7/c1-2-37-25(36)15-7-9-16(10-8-15)29-22(33)21(32)27-13-17-11-12-18(38-17)14-28-31-24(35)23(34)30-20-6-4-3-5-19(20)26/h3-12,14H,2,13H2,1H3,(H,27,32)(H,29,33)(H,30,34)(H,31,35)/b28-14+. The first-order valence-corrected chi connectivity index (χ1v) is 11.9. The molecule has 2 aromatic carbocycles. The van der Waals surface area contributed by atoms with E-state index in [-0.39, 0.29) is 18.9 Å². The molecule has 1 aromatic heterocycles. The van der Waals surface area contributed by atoms with Crippen LogP contribution in [-0.4, -0.2) is 42.4 Å². The van der Waals surface area contributed by atoms with Crippen LogP contribution in [0.1, 0.15) is 28.8 Å². The zero-order valence-corrected chi connectivity index (χ0v) is 21.5. The van der Waals surface area contributed by atoms with Gasteiger partial charge in [-0.2, -0.15) is 5.10 Å². The number of carbonyl (C=O) groups is 5. The first-order chi connectivity index (χ1) is 18.3. The van der Waals surface area contributed by atoms with Crippen molar-refractivity contribution in [2.24, 2.45) is 5.10 Å². The van der Waals surface area contributed by atoms with Gasteiger partial charge in [0.15, 0.2) is 0 Å². The quantitative estimate of drug-likeness (QED) is 0.137. The third-order valence-corrected chi connectivity index (χ3v) is 5.34. The number of ether oxygens (including phenoxy) is 1. The number of esters is 1. The van der Waals surface area contributed by atoms with E-state index >= 15 is 0 Å². The van der Waals surface area contributed by atoms with Crippen LogP contribution in [-0.2, 0) is 30.5 Å². The Labute approximate surface area is 224 Å². The van der Waals surface area contributed by atoms with Crippen LogP contribution in [0.2, 0.25) is 0 Å². The Bertz CT molecular complexity index is 1370. The van der Waals surface area contributed by atoms with Gasteiger partial charge in [0, 0.05) is 10.2 Å². The average molecular weight is 584 g/mol. The molecule has 0 aliphatic heterocycles. The summed E-state index contributed by atoms with van der Waals surface area (Å²) in [5.41, 5.74) is 3.14. The van der Waals surface area contributed by atoms with E-state index in [9.17, 15) is 24.0 Å². The molecule has 0 radical (unpaired) electrons. The summed E-state index contributed by atoms with van der Waals surface area (Å²) in [6.45, 7) is 1.84. The maximum absolute atomic E-state index is 12.1. The number of benzene rings is 2. The molecular weight excluding hydrogens is 562 g/mol. The molecule has 0 aliphatic carbocycles. The van der Waals surface area contributed by atoms with E-state index in [2.05, 4.69) is 42.4 Å². The van der Waals surface area contributed by atoms with Crippen LogP contribution in [0, 0.1) is 0 Å². The summed E-state index contributed by atoms with van der Waals surface area (Å²) < 4.78 is 10.9. The minimum Gasteiger partial charge on any atom is -0.462 e. The van der Waals surface area contributed by atoms with E-state index in [0.29, 0.717) is 27.2 Å². The second-order valence-electron chi connectivity index (χ2n) is 7.37. The van der Waals surface area contributed by atoms with Gasteiger partial charge in [0.1, 0.15) is 11.5 Å². The molecule has 4 amide bonds. The fourth-order valence-electron chi connectivity index (χ4n) is 2.85. The van der Waals surface area contributed by atoms with Gasteiger partial charge >= 0.3 is 29.6 Å². The molecule has 0 aliphatic rings. The molecule has 0 bridgehead atoms. The summed E-state index contributed by atoms with van der Waals surface area (Å²) >= 11 is 3.26. The topological polar surface area (TPSA) is 168 Å². The molecule has 13 heteroatoms. The lowest BCUT2D eigenvalue weighted by molar-refractivity contribution is -0.136. The molecule has 0 saturated carbocycles. The largest absolute Gasteiger partial charge is 0.462 e. The van der Waals surface area contributed by atoms with Gasteiger partial charge in [0.2, 0.25) is 0 Å². The lowest BCUT2D eigenvalue weighted by atomic mass is 10.2. The van der Waals surface area contributed by atoms with E-state index in [1.54, 1.807) is 31.2 Å². The fourth-order valence-corrected chi connectivity index (χ4v) is 3.23. The highest BCUT2D eigenvalue weighted by molar-refractivity contribution is 9.10. The van der Waals surface area contributed by atoms with Gasteiger partial charge in [0.25, 0.3) is 0 Å². The van der Waals surface area contributed by atoms with Crippen LogP contribution in [0.3, 0.4) is 0 Å². The van der Waals surface area contributed by atoms with Crippen molar-refractivity contribution in [3.8, 4) is 0 Å². The lowest BCUT2D eigenvalue weighted by Crippen LogP contribution is -2.34. The zero-order chi connectivity index (χ0) is 27.5. The minimum absolute atomic E-state index is 0.0946. The van der Waals surface area contributed by atoms with Gasteiger partial charge in [-0.3, -0.25) is 19.2 Å². The Kier molecular flexibility index (Phi) is 9.88. The Morgan fingerprint density at radius 3 is 2.32 bits per heavy atom. The summed E-state index contributed by atoms with van der Waals surface area (Å²) in [7, 11) is 0. The highest BCUT2D eigenvalue weighted by Gasteiger charge is 2.16. The number of amides is 4. The fraction of sp³-hybridized carbons (Fsp3) is 0.120. The number of hydrazone groups is 1. The minimum atomic E-state index is -0.988. The van der Waals surface area contributed by atoms with Crippen molar-refractivity contribution in [2.75, 3.05) is 17.2 Å². The smallest absolute Gasteiger partial charge is 0.338 e. The van der Waals surface area contributed by atoms with Crippen LogP contribution < -0.4 is 21.4 Å². The van der Waals surface area contributed by atoms with Crippen LogP contribution in [0.4, 0.5) is 11.4 Å². The molecular formula is C25H22BrN5O7. The third kappa shape index (κ3) is 8.13. The van der Waals surface area contributed by atoms with Gasteiger partial charge in [-0.05, 0) is 71.4 Å². The van der Waals surface area contributed by atoms with Gasteiger partial charge in [0.05, 0.1) is 30.6 Å². The molecule has 12 nitrogen and oxygen atoms in total. The van der Waals surface area contributed by atoms with E-state index in [0.717, 1.165) is 0 Å². The zero-order valence-electron chi connectivity index (χ0n) is 19.9. The first-order valence-electron chi connectivity index (χ1n) is 11.1. The van der Waals surface area contributed by atoms with Crippen LogP contribution in [0.15, 0.2) is 74.7 Å². The summed E-state index contributed by atoms with van der Waals surface area (Å²) in [4.78, 5) is 59.8. The SMILES string of the molecule is CCOC(=O)c1ccc(NC(=O)C(=O)NCc2ccc(/C=N/NC(=O)C(=O)Nc3ccccc3Br)o2)cc1. The molecule has 38 heavy (non-hydrogen) atoms. The second-order valence-corrected chi connectivity index (χ2v) is 8.23. The number of halogens is 1. The Morgan fingerprint density at radius 1 is 0.895 bits per heavy atom. The van der Waals surface area contributed by atoms with E-state index in [1.807, 2.05) is 0 Å². The van der Waals surface area contributed by atoms with Crippen molar-refractivity contribution in [1.82, 2.24) is 10.7 Å². The number of rotatable bonds is 8. The van der Waals surface area contributed by atoms with Crippen molar-refractivity contribution in [3.05, 3.63) is 82.2 Å². The number of furan rings is 1. The number of hydrogen-bond acceptors (Lipinski definition) is 8. The summed E-state index contributed by atoms with van der Waals surface area (Å²) in [6, 6.07) is 15.7.